The number of nitrogens with zero attached hydrogens (tertiary/aromatic N) is 1. The maximum Gasteiger partial charge on any atom is 0.446 e. The van der Waals surface area contributed by atoms with Gasteiger partial charge in [0.1, 0.15) is 5.82 Å². The number of methoxy groups -OCH3 is 1. The summed E-state index contributed by atoms with van der Waals surface area (Å²) in [6.45, 7) is 1.56. The molecule has 1 amide bonds. The molecular weight excluding hydrogens is 298 g/mol. The summed E-state index contributed by atoms with van der Waals surface area (Å²) in [5, 5.41) is 0. The summed E-state index contributed by atoms with van der Waals surface area (Å²) in [4.78, 5) is 12.3. The molecule has 0 unspecified atom stereocenters. The highest BCUT2D eigenvalue weighted by atomic mass is 32.2. The molecule has 0 saturated carbocycles. The highest BCUT2D eigenvalue weighted by Gasteiger charge is 2.29. The summed E-state index contributed by atoms with van der Waals surface area (Å²) in [7, 11) is 1.43. The van der Waals surface area contributed by atoms with Gasteiger partial charge in [0.2, 0.25) is 5.91 Å². The van der Waals surface area contributed by atoms with Gasteiger partial charge < -0.3 is 9.64 Å². The van der Waals surface area contributed by atoms with E-state index in [0.29, 0.717) is 0 Å². The van der Waals surface area contributed by atoms with Crippen LogP contribution in [0.2, 0.25) is 0 Å². The van der Waals surface area contributed by atoms with Crippen LogP contribution < -0.4 is 4.90 Å². The summed E-state index contributed by atoms with van der Waals surface area (Å²) < 4.78 is 55.2. The first-order chi connectivity index (χ1) is 9.24. The fourth-order valence-electron chi connectivity index (χ4n) is 1.53. The minimum atomic E-state index is -4.48. The zero-order valence-corrected chi connectivity index (χ0v) is 11.6. The van der Waals surface area contributed by atoms with E-state index in [0.717, 1.165) is 23.1 Å². The predicted molar refractivity (Wildman–Crippen MR) is 68.2 cm³/mol. The van der Waals surface area contributed by atoms with Crippen molar-refractivity contribution in [3.05, 3.63) is 24.0 Å². The van der Waals surface area contributed by atoms with Crippen molar-refractivity contribution in [1.82, 2.24) is 0 Å². The van der Waals surface area contributed by atoms with Crippen molar-refractivity contribution in [2.75, 3.05) is 25.2 Å². The number of amides is 1. The van der Waals surface area contributed by atoms with Gasteiger partial charge in [0, 0.05) is 25.5 Å². The van der Waals surface area contributed by atoms with Crippen LogP contribution in [0.4, 0.5) is 23.2 Å². The van der Waals surface area contributed by atoms with E-state index >= 15 is 0 Å². The number of hydrogen-bond donors (Lipinski definition) is 0. The second-order valence-electron chi connectivity index (χ2n) is 3.82. The van der Waals surface area contributed by atoms with Crippen molar-refractivity contribution >= 4 is 23.4 Å². The van der Waals surface area contributed by atoms with E-state index in [1.54, 1.807) is 0 Å². The normalized spacial score (nSPS) is 11.5. The van der Waals surface area contributed by atoms with E-state index in [9.17, 15) is 22.4 Å². The van der Waals surface area contributed by atoms with Gasteiger partial charge in [-0.2, -0.15) is 13.2 Å². The Morgan fingerprint density at radius 3 is 2.50 bits per heavy atom. The maximum absolute atomic E-state index is 13.8. The second-order valence-corrected chi connectivity index (χ2v) is 4.96. The molecule has 0 aliphatic carbocycles. The molecule has 0 aliphatic heterocycles. The Kier molecular flexibility index (Phi) is 5.82. The van der Waals surface area contributed by atoms with Crippen molar-refractivity contribution < 1.29 is 27.1 Å². The number of benzene rings is 1. The molecule has 3 nitrogen and oxygen atoms in total. The van der Waals surface area contributed by atoms with Crippen LogP contribution in [0, 0.1) is 5.82 Å². The van der Waals surface area contributed by atoms with E-state index in [4.69, 9.17) is 4.74 Å². The molecule has 1 aromatic carbocycles. The Labute approximate surface area is 117 Å². The Bertz CT molecular complexity index is 479. The lowest BCUT2D eigenvalue weighted by Crippen LogP contribution is -2.32. The fourth-order valence-corrected chi connectivity index (χ4v) is 2.10. The van der Waals surface area contributed by atoms with Gasteiger partial charge in [0.25, 0.3) is 0 Å². The summed E-state index contributed by atoms with van der Waals surface area (Å²) >= 11 is -0.407. The molecule has 0 bridgehead atoms. The summed E-state index contributed by atoms with van der Waals surface area (Å²) in [5.41, 5.74) is -4.55. The van der Waals surface area contributed by atoms with Crippen LogP contribution in [0.5, 0.6) is 0 Å². The number of carbonyl (C=O) groups is 1. The third-order valence-electron chi connectivity index (χ3n) is 2.34. The molecule has 1 aromatic rings. The molecule has 1 rings (SSSR count). The first-order valence-electron chi connectivity index (χ1n) is 5.57. The first-order valence-corrected chi connectivity index (χ1v) is 6.38. The number of thioether (sulfide) groups is 1. The van der Waals surface area contributed by atoms with Gasteiger partial charge in [-0.25, -0.2) is 4.39 Å². The zero-order valence-electron chi connectivity index (χ0n) is 10.8. The fraction of sp³-hybridized carbons (Fsp3) is 0.417. The molecule has 0 saturated heterocycles. The minimum absolute atomic E-state index is 0.0684. The molecule has 0 atom stereocenters. The van der Waals surface area contributed by atoms with Crippen LogP contribution in [0.3, 0.4) is 0 Å². The SMILES string of the molecule is COCCN(C(C)=O)c1ccc(SC(F)(F)F)cc1F. The molecule has 0 N–H and O–H groups in total. The van der Waals surface area contributed by atoms with Crippen molar-refractivity contribution in [2.45, 2.75) is 17.3 Å². The Morgan fingerprint density at radius 2 is 2.05 bits per heavy atom. The minimum Gasteiger partial charge on any atom is -0.383 e. The lowest BCUT2D eigenvalue weighted by Gasteiger charge is -2.21. The van der Waals surface area contributed by atoms with Crippen molar-refractivity contribution in [2.24, 2.45) is 0 Å². The third-order valence-corrected chi connectivity index (χ3v) is 3.06. The number of hydrogen-bond acceptors (Lipinski definition) is 3. The van der Waals surface area contributed by atoms with Crippen LogP contribution in [0.1, 0.15) is 6.92 Å². The standard InChI is InChI=1S/C12H13F4NO2S/c1-8(18)17(5-6-19-2)11-4-3-9(7-10(11)13)20-12(14,15)16/h3-4,7H,5-6H2,1-2H3. The Balaban J connectivity index is 2.98. The van der Waals surface area contributed by atoms with E-state index in [1.165, 1.54) is 14.0 Å². The Morgan fingerprint density at radius 1 is 1.40 bits per heavy atom. The number of halogens is 4. The molecule has 0 heterocycles. The topological polar surface area (TPSA) is 29.5 Å². The average Bonchev–Trinajstić information content (AvgIpc) is 2.29. The van der Waals surface area contributed by atoms with Gasteiger partial charge in [-0.1, -0.05) is 0 Å². The number of anilines is 1. The highest BCUT2D eigenvalue weighted by Crippen LogP contribution is 2.38. The molecule has 0 fully saturated rings. The van der Waals surface area contributed by atoms with Gasteiger partial charge in [-0.3, -0.25) is 4.79 Å². The lowest BCUT2D eigenvalue weighted by atomic mass is 10.2. The third kappa shape index (κ3) is 5.01. The number of alkyl halides is 3. The molecular formula is C12H13F4NO2S. The van der Waals surface area contributed by atoms with Gasteiger partial charge in [-0.15, -0.1) is 0 Å². The molecule has 0 aromatic heterocycles. The first kappa shape index (κ1) is 16.8. The summed E-state index contributed by atoms with van der Waals surface area (Å²) in [6.07, 6.45) is 0. The monoisotopic (exact) mass is 311 g/mol. The van der Waals surface area contributed by atoms with Gasteiger partial charge in [0.05, 0.1) is 12.3 Å². The van der Waals surface area contributed by atoms with Gasteiger partial charge in [0.15, 0.2) is 0 Å². The smallest absolute Gasteiger partial charge is 0.383 e. The average molecular weight is 311 g/mol. The maximum atomic E-state index is 13.8. The van der Waals surface area contributed by atoms with Crippen LogP contribution in [-0.2, 0) is 9.53 Å². The zero-order chi connectivity index (χ0) is 15.3. The molecule has 112 valence electrons. The van der Waals surface area contributed by atoms with E-state index in [2.05, 4.69) is 0 Å². The number of carbonyl (C=O) groups excluding carboxylic acids is 1. The van der Waals surface area contributed by atoms with Crippen molar-refractivity contribution in [1.29, 1.82) is 0 Å². The van der Waals surface area contributed by atoms with Crippen LogP contribution in [0.25, 0.3) is 0 Å². The molecule has 20 heavy (non-hydrogen) atoms. The molecule has 0 radical (unpaired) electrons. The quantitative estimate of drug-likeness (QED) is 0.616. The van der Waals surface area contributed by atoms with E-state index in [-0.39, 0.29) is 23.7 Å². The summed E-state index contributed by atoms with van der Waals surface area (Å²) in [6, 6.07) is 3.04. The molecule has 8 heteroatoms. The van der Waals surface area contributed by atoms with Crippen LogP contribution in [0.15, 0.2) is 23.1 Å². The highest BCUT2D eigenvalue weighted by molar-refractivity contribution is 8.00. The predicted octanol–water partition coefficient (Wildman–Crippen LogP) is 3.44. The number of rotatable bonds is 5. The van der Waals surface area contributed by atoms with Crippen LogP contribution in [-0.4, -0.2) is 31.7 Å². The molecule has 0 spiro atoms. The number of ether oxygens (including phenoxy) is 1. The van der Waals surface area contributed by atoms with Crippen LogP contribution >= 0.6 is 11.8 Å². The van der Waals surface area contributed by atoms with Crippen molar-refractivity contribution in [3.8, 4) is 0 Å². The largest absolute Gasteiger partial charge is 0.446 e. The van der Waals surface area contributed by atoms with Crippen molar-refractivity contribution in [3.63, 3.8) is 0 Å². The van der Waals surface area contributed by atoms with Gasteiger partial charge >= 0.3 is 5.51 Å². The molecule has 0 aliphatic rings. The van der Waals surface area contributed by atoms with E-state index in [1.807, 2.05) is 0 Å². The second kappa shape index (κ2) is 6.94. The summed E-state index contributed by atoms with van der Waals surface area (Å²) in [5.74, 6) is -1.30. The van der Waals surface area contributed by atoms with E-state index < -0.39 is 29.0 Å². The Hall–Kier alpha value is -1.28. The lowest BCUT2D eigenvalue weighted by molar-refractivity contribution is -0.116. The van der Waals surface area contributed by atoms with Gasteiger partial charge in [-0.05, 0) is 30.0 Å².